The second kappa shape index (κ2) is 8.82. The molecule has 0 unspecified atom stereocenters. The van der Waals surface area contributed by atoms with Crippen molar-refractivity contribution in [1.29, 1.82) is 0 Å². The van der Waals surface area contributed by atoms with Crippen molar-refractivity contribution in [1.82, 2.24) is 20.1 Å². The van der Waals surface area contributed by atoms with E-state index >= 15 is 0 Å². The molecule has 4 rings (SSSR count). The van der Waals surface area contributed by atoms with Crippen molar-refractivity contribution in [2.75, 3.05) is 6.54 Å². The number of fused-ring (bicyclic) bond motifs is 1. The number of amides is 4. The van der Waals surface area contributed by atoms with Crippen LogP contribution in [0.3, 0.4) is 0 Å². The number of aromatic nitrogens is 1. The zero-order chi connectivity index (χ0) is 20.9. The molecule has 1 aliphatic heterocycles. The number of carbonyl (C=O) groups is 3. The highest BCUT2D eigenvalue weighted by Gasteiger charge is 2.37. The van der Waals surface area contributed by atoms with Crippen LogP contribution in [0.25, 0.3) is 10.9 Å². The molecule has 0 bridgehead atoms. The van der Waals surface area contributed by atoms with Crippen LogP contribution in [-0.2, 0) is 22.7 Å². The van der Waals surface area contributed by atoms with E-state index in [1.165, 1.54) is 10.3 Å². The molecule has 2 aromatic carbocycles. The van der Waals surface area contributed by atoms with Crippen LogP contribution in [0.4, 0.5) is 4.79 Å². The number of urea groups is 1. The van der Waals surface area contributed by atoms with Crippen molar-refractivity contribution >= 4 is 28.7 Å². The highest BCUT2D eigenvalue weighted by molar-refractivity contribution is 6.04. The molecule has 0 radical (unpaired) electrons. The van der Waals surface area contributed by atoms with Crippen molar-refractivity contribution in [3.05, 3.63) is 72.4 Å². The SMILES string of the molecule is O=C(CC[C@@H]1NC(=O)N(Cc2ccccc2)C1=O)NCCn1ccc2ccccc21. The van der Waals surface area contributed by atoms with Gasteiger partial charge in [0.15, 0.2) is 0 Å². The highest BCUT2D eigenvalue weighted by atomic mass is 16.2. The topological polar surface area (TPSA) is 83.4 Å². The molecule has 1 aromatic heterocycles. The monoisotopic (exact) mass is 404 g/mol. The lowest BCUT2D eigenvalue weighted by molar-refractivity contribution is -0.128. The van der Waals surface area contributed by atoms with Crippen LogP contribution >= 0.6 is 0 Å². The van der Waals surface area contributed by atoms with E-state index in [4.69, 9.17) is 0 Å². The molecule has 0 spiro atoms. The molecular formula is C23H24N4O3. The van der Waals surface area contributed by atoms with Gasteiger partial charge in [-0.1, -0.05) is 48.5 Å². The minimum Gasteiger partial charge on any atom is -0.354 e. The fourth-order valence-electron chi connectivity index (χ4n) is 3.70. The summed E-state index contributed by atoms with van der Waals surface area (Å²) in [6.07, 6.45) is 2.47. The molecule has 0 aliphatic carbocycles. The van der Waals surface area contributed by atoms with Gasteiger partial charge >= 0.3 is 6.03 Å². The Kier molecular flexibility index (Phi) is 5.79. The van der Waals surface area contributed by atoms with Crippen molar-refractivity contribution in [2.45, 2.75) is 32.0 Å². The van der Waals surface area contributed by atoms with E-state index < -0.39 is 12.1 Å². The van der Waals surface area contributed by atoms with E-state index in [2.05, 4.69) is 21.3 Å². The van der Waals surface area contributed by atoms with Gasteiger partial charge in [-0.25, -0.2) is 4.79 Å². The molecule has 0 saturated carbocycles. The molecule has 2 heterocycles. The van der Waals surface area contributed by atoms with Crippen molar-refractivity contribution in [2.24, 2.45) is 0 Å². The summed E-state index contributed by atoms with van der Waals surface area (Å²) in [6, 6.07) is 18.4. The van der Waals surface area contributed by atoms with Crippen LogP contribution in [0.15, 0.2) is 66.9 Å². The average Bonchev–Trinajstić information content (AvgIpc) is 3.29. The van der Waals surface area contributed by atoms with Crippen molar-refractivity contribution in [3.8, 4) is 0 Å². The minimum atomic E-state index is -0.652. The summed E-state index contributed by atoms with van der Waals surface area (Å²) < 4.78 is 2.10. The first-order valence-corrected chi connectivity index (χ1v) is 10.1. The Bertz CT molecular complexity index is 1060. The number of carbonyl (C=O) groups excluding carboxylic acids is 3. The third kappa shape index (κ3) is 4.35. The Morgan fingerprint density at radius 2 is 1.77 bits per heavy atom. The highest BCUT2D eigenvalue weighted by Crippen LogP contribution is 2.16. The number of rotatable bonds is 8. The lowest BCUT2D eigenvalue weighted by atomic mass is 10.1. The quantitative estimate of drug-likeness (QED) is 0.566. The smallest absolute Gasteiger partial charge is 0.325 e. The van der Waals surface area contributed by atoms with Crippen LogP contribution in [0, 0.1) is 0 Å². The lowest BCUT2D eigenvalue weighted by Crippen LogP contribution is -2.33. The van der Waals surface area contributed by atoms with E-state index in [-0.39, 0.29) is 31.2 Å². The first kappa shape index (κ1) is 19.7. The number of nitrogens with zero attached hydrogens (tertiary/aromatic N) is 2. The Labute approximate surface area is 174 Å². The molecule has 4 amide bonds. The Hall–Kier alpha value is -3.61. The van der Waals surface area contributed by atoms with E-state index in [1.807, 2.05) is 60.8 Å². The van der Waals surface area contributed by atoms with Gasteiger partial charge in [0.2, 0.25) is 5.91 Å². The number of benzene rings is 2. The predicted octanol–water partition coefficient (Wildman–Crippen LogP) is 2.66. The van der Waals surface area contributed by atoms with Gasteiger partial charge in [-0.05, 0) is 29.5 Å². The molecule has 3 aromatic rings. The van der Waals surface area contributed by atoms with Gasteiger partial charge in [-0.3, -0.25) is 14.5 Å². The van der Waals surface area contributed by atoms with Gasteiger partial charge in [0.1, 0.15) is 6.04 Å². The standard InChI is InChI=1S/C23H24N4O3/c28-21(24-13-15-26-14-12-18-8-4-5-9-20(18)26)11-10-19-22(29)27(23(30)25-19)16-17-6-2-1-3-7-17/h1-9,12,14,19H,10-11,13,15-16H2,(H,24,28)(H,25,30)/t19-/m0/s1. The molecule has 7 heteroatoms. The number of hydrogen-bond donors (Lipinski definition) is 2. The molecule has 30 heavy (non-hydrogen) atoms. The van der Waals surface area contributed by atoms with Crippen LogP contribution in [-0.4, -0.2) is 39.9 Å². The molecular weight excluding hydrogens is 380 g/mol. The normalized spacial score (nSPS) is 16.1. The number of imide groups is 1. The fourth-order valence-corrected chi connectivity index (χ4v) is 3.70. The van der Waals surface area contributed by atoms with Gasteiger partial charge in [0.25, 0.3) is 5.91 Å². The third-order valence-electron chi connectivity index (χ3n) is 5.31. The molecule has 1 atom stereocenters. The summed E-state index contributed by atoms with van der Waals surface area (Å²) >= 11 is 0. The van der Waals surface area contributed by atoms with Crippen LogP contribution in [0.5, 0.6) is 0 Å². The summed E-state index contributed by atoms with van der Waals surface area (Å²) in [5, 5.41) is 6.74. The molecule has 2 N–H and O–H groups in total. The lowest BCUT2D eigenvalue weighted by Gasteiger charge is -2.13. The molecule has 1 fully saturated rings. The van der Waals surface area contributed by atoms with Crippen molar-refractivity contribution < 1.29 is 14.4 Å². The summed E-state index contributed by atoms with van der Waals surface area (Å²) in [5.74, 6) is -0.412. The molecule has 1 aliphatic rings. The summed E-state index contributed by atoms with van der Waals surface area (Å²) in [6.45, 7) is 1.41. The maximum atomic E-state index is 12.5. The maximum absolute atomic E-state index is 12.5. The first-order valence-electron chi connectivity index (χ1n) is 10.1. The fraction of sp³-hybridized carbons (Fsp3) is 0.261. The molecule has 1 saturated heterocycles. The van der Waals surface area contributed by atoms with Crippen molar-refractivity contribution in [3.63, 3.8) is 0 Å². The third-order valence-corrected chi connectivity index (χ3v) is 5.31. The summed E-state index contributed by atoms with van der Waals surface area (Å²) in [5.41, 5.74) is 2.02. The zero-order valence-electron chi connectivity index (χ0n) is 16.6. The van der Waals surface area contributed by atoms with E-state index in [0.717, 1.165) is 11.1 Å². The second-order valence-corrected chi connectivity index (χ2v) is 7.37. The first-order chi connectivity index (χ1) is 14.6. The Morgan fingerprint density at radius 1 is 1.00 bits per heavy atom. The minimum absolute atomic E-state index is 0.130. The second-order valence-electron chi connectivity index (χ2n) is 7.37. The Balaban J connectivity index is 1.23. The van der Waals surface area contributed by atoms with Crippen LogP contribution < -0.4 is 10.6 Å². The average molecular weight is 404 g/mol. The maximum Gasteiger partial charge on any atom is 0.325 e. The van der Waals surface area contributed by atoms with Crippen LogP contribution in [0.1, 0.15) is 18.4 Å². The number of para-hydroxylation sites is 1. The summed E-state index contributed by atoms with van der Waals surface area (Å²) in [4.78, 5) is 38.1. The number of nitrogens with one attached hydrogen (secondary N) is 2. The molecule has 154 valence electrons. The Morgan fingerprint density at radius 3 is 2.60 bits per heavy atom. The van der Waals surface area contributed by atoms with E-state index in [9.17, 15) is 14.4 Å². The van der Waals surface area contributed by atoms with Gasteiger partial charge in [0, 0.05) is 31.2 Å². The predicted molar refractivity (Wildman–Crippen MR) is 113 cm³/mol. The zero-order valence-corrected chi connectivity index (χ0v) is 16.6. The van der Waals surface area contributed by atoms with E-state index in [0.29, 0.717) is 13.1 Å². The van der Waals surface area contributed by atoms with Gasteiger partial charge in [0.05, 0.1) is 6.54 Å². The molecule has 7 nitrogen and oxygen atoms in total. The van der Waals surface area contributed by atoms with Gasteiger partial charge in [-0.15, -0.1) is 0 Å². The van der Waals surface area contributed by atoms with Gasteiger partial charge in [-0.2, -0.15) is 0 Å². The summed E-state index contributed by atoms with van der Waals surface area (Å²) in [7, 11) is 0. The number of hydrogen-bond acceptors (Lipinski definition) is 3. The van der Waals surface area contributed by atoms with Crippen LogP contribution in [0.2, 0.25) is 0 Å². The van der Waals surface area contributed by atoms with E-state index in [1.54, 1.807) is 0 Å². The largest absolute Gasteiger partial charge is 0.354 e. The van der Waals surface area contributed by atoms with Gasteiger partial charge < -0.3 is 15.2 Å².